The van der Waals surface area contributed by atoms with Crippen molar-refractivity contribution in [3.05, 3.63) is 0 Å². The second-order valence-electron chi connectivity index (χ2n) is 13.2. The minimum Gasteiger partial charge on any atom is -0.465 e. The fourth-order valence-electron chi connectivity index (χ4n) is 5.05. The van der Waals surface area contributed by atoms with Crippen molar-refractivity contribution in [2.24, 2.45) is 22.2 Å². The summed E-state index contributed by atoms with van der Waals surface area (Å²) in [5.41, 5.74) is -10.9. The summed E-state index contributed by atoms with van der Waals surface area (Å²) < 4.78 is 236. The zero-order chi connectivity index (χ0) is 38.3. The van der Waals surface area contributed by atoms with Crippen LogP contribution in [0, 0.1) is 22.2 Å². The number of halogens is 17. The molecular formula is C28H39F17O2. The van der Waals surface area contributed by atoms with Crippen molar-refractivity contribution in [2.75, 3.05) is 6.61 Å². The number of hydrogen-bond donors (Lipinski definition) is 0. The first-order valence-corrected chi connectivity index (χ1v) is 14.3. The summed E-state index contributed by atoms with van der Waals surface area (Å²) in [6, 6.07) is 0. The van der Waals surface area contributed by atoms with E-state index in [0.29, 0.717) is 19.3 Å². The van der Waals surface area contributed by atoms with Gasteiger partial charge in [0.2, 0.25) is 0 Å². The van der Waals surface area contributed by atoms with E-state index < -0.39 is 95.2 Å². The molecule has 47 heavy (non-hydrogen) atoms. The van der Waals surface area contributed by atoms with Gasteiger partial charge in [-0.1, -0.05) is 54.9 Å². The maximum Gasteiger partial charge on any atom is 0.438 e. The third-order valence-corrected chi connectivity index (χ3v) is 9.44. The molecule has 0 amide bonds. The predicted molar refractivity (Wildman–Crippen MR) is 136 cm³/mol. The third-order valence-electron chi connectivity index (χ3n) is 9.44. The molecule has 0 spiro atoms. The van der Waals surface area contributed by atoms with E-state index in [2.05, 4.69) is 0 Å². The van der Waals surface area contributed by atoms with Gasteiger partial charge in [0.1, 0.15) is 0 Å². The van der Waals surface area contributed by atoms with Crippen molar-refractivity contribution in [2.45, 2.75) is 142 Å². The van der Waals surface area contributed by atoms with Crippen LogP contribution in [0.15, 0.2) is 0 Å². The summed E-state index contributed by atoms with van der Waals surface area (Å²) in [5, 5.41) is 0. The Kier molecular flexibility index (Phi) is 13.0. The van der Waals surface area contributed by atoms with Gasteiger partial charge in [-0.2, -0.15) is 70.2 Å². The lowest BCUT2D eigenvalue weighted by molar-refractivity contribution is -0.465. The highest BCUT2D eigenvalue weighted by atomic mass is 19.4. The van der Waals surface area contributed by atoms with E-state index in [1.165, 1.54) is 0 Å². The first-order chi connectivity index (χ1) is 20.4. The molecule has 0 aliphatic rings. The standard InChI is InChI=1S/C28H39F17O2/c1-9-18(5,6)15-20(8,19(7,10-2)11-3)17(46)47-14-16(4)12-13-21(29,30)23(32,33)25(36,37)26(38,39)24(34,35)22(31,27(40,41)42)28(43,44)45/h16H,9-15H2,1-8H3. The maximum absolute atomic E-state index is 14.3. The van der Waals surface area contributed by atoms with Crippen LogP contribution in [0.3, 0.4) is 0 Å². The molecule has 282 valence electrons. The molecule has 0 aliphatic carbocycles. The molecule has 0 aliphatic heterocycles. The third kappa shape index (κ3) is 7.57. The second-order valence-corrected chi connectivity index (χ2v) is 13.2. The van der Waals surface area contributed by atoms with Crippen LogP contribution in [0.4, 0.5) is 74.6 Å². The lowest BCUT2D eigenvalue weighted by Gasteiger charge is -2.47. The first-order valence-electron chi connectivity index (χ1n) is 14.3. The summed E-state index contributed by atoms with van der Waals surface area (Å²) in [6.07, 6.45) is -18.5. The van der Waals surface area contributed by atoms with Gasteiger partial charge in [-0.15, -0.1) is 0 Å². The van der Waals surface area contributed by atoms with Gasteiger partial charge in [0.05, 0.1) is 12.0 Å². The largest absolute Gasteiger partial charge is 0.465 e. The summed E-state index contributed by atoms with van der Waals surface area (Å²) in [7, 11) is 0. The molecule has 0 heterocycles. The highest BCUT2D eigenvalue weighted by Crippen LogP contribution is 2.65. The van der Waals surface area contributed by atoms with Gasteiger partial charge < -0.3 is 4.74 Å². The fraction of sp³-hybridized carbons (Fsp3) is 0.964. The zero-order valence-corrected chi connectivity index (χ0v) is 26.8. The van der Waals surface area contributed by atoms with Crippen LogP contribution < -0.4 is 0 Å². The molecule has 0 aromatic carbocycles. The summed E-state index contributed by atoms with van der Waals surface area (Å²) in [6.45, 7) is 12.6. The van der Waals surface area contributed by atoms with Gasteiger partial charge in [-0.05, 0) is 49.4 Å². The molecule has 0 aromatic heterocycles. The SMILES string of the molecule is CCC(C)(C)CC(C)(C(=O)OCC(C)CCC(F)(F)C(F)(F)C(F)(F)C(F)(F)C(F)(F)C(F)(C(F)(F)F)C(F)(F)F)C(C)(CC)CC. The van der Waals surface area contributed by atoms with Gasteiger partial charge in [0, 0.05) is 6.42 Å². The van der Waals surface area contributed by atoms with E-state index >= 15 is 0 Å². The van der Waals surface area contributed by atoms with Gasteiger partial charge in [0.15, 0.2) is 0 Å². The van der Waals surface area contributed by atoms with Crippen molar-refractivity contribution in [1.29, 1.82) is 0 Å². The Morgan fingerprint density at radius 2 is 0.979 bits per heavy atom. The molecule has 19 heteroatoms. The highest BCUT2D eigenvalue weighted by Gasteiger charge is 2.97. The number of carbonyl (C=O) groups excluding carboxylic acids is 1. The molecule has 0 saturated carbocycles. The maximum atomic E-state index is 14.3. The number of carbonyl (C=O) groups is 1. The average molecular weight is 731 g/mol. The average Bonchev–Trinajstić information content (AvgIpc) is 2.91. The van der Waals surface area contributed by atoms with E-state index in [1.54, 1.807) is 27.7 Å². The molecule has 2 atom stereocenters. The normalized spacial score (nSPS) is 17.4. The zero-order valence-electron chi connectivity index (χ0n) is 26.8. The molecule has 0 radical (unpaired) electrons. The van der Waals surface area contributed by atoms with Crippen LogP contribution in [-0.4, -0.2) is 60.2 Å². The molecule has 0 rings (SSSR count). The Bertz CT molecular complexity index is 1040. The Balaban J connectivity index is 6.28. The smallest absolute Gasteiger partial charge is 0.438 e. The van der Waals surface area contributed by atoms with E-state index in [1.807, 2.05) is 20.8 Å². The number of ether oxygens (including phenoxy) is 1. The van der Waals surface area contributed by atoms with Gasteiger partial charge >= 0.3 is 53.6 Å². The molecule has 2 nitrogen and oxygen atoms in total. The predicted octanol–water partition coefficient (Wildman–Crippen LogP) is 11.6. The van der Waals surface area contributed by atoms with Crippen molar-refractivity contribution in [3.63, 3.8) is 0 Å². The highest BCUT2D eigenvalue weighted by molar-refractivity contribution is 5.77. The molecule has 2 unspecified atom stereocenters. The van der Waals surface area contributed by atoms with Gasteiger partial charge in [-0.3, -0.25) is 4.79 Å². The number of rotatable bonds is 17. The molecule has 0 saturated heterocycles. The quantitative estimate of drug-likeness (QED) is 0.110. The van der Waals surface area contributed by atoms with Crippen molar-refractivity contribution >= 4 is 5.97 Å². The van der Waals surface area contributed by atoms with Gasteiger partial charge in [-0.25, -0.2) is 4.39 Å². The monoisotopic (exact) mass is 730 g/mol. The Hall–Kier alpha value is -1.72. The van der Waals surface area contributed by atoms with Crippen LogP contribution in [0.25, 0.3) is 0 Å². The summed E-state index contributed by atoms with van der Waals surface area (Å²) >= 11 is 0. The van der Waals surface area contributed by atoms with E-state index in [9.17, 15) is 79.4 Å². The topological polar surface area (TPSA) is 26.3 Å². The van der Waals surface area contributed by atoms with E-state index in [4.69, 9.17) is 4.74 Å². The summed E-state index contributed by atoms with van der Waals surface area (Å²) in [4.78, 5) is 13.3. The minimum absolute atomic E-state index is 0.253. The number of alkyl halides is 17. The van der Waals surface area contributed by atoms with Crippen LogP contribution in [-0.2, 0) is 9.53 Å². The number of hydrogen-bond acceptors (Lipinski definition) is 2. The van der Waals surface area contributed by atoms with Crippen molar-refractivity contribution in [3.8, 4) is 0 Å². The van der Waals surface area contributed by atoms with Crippen LogP contribution in [0.5, 0.6) is 0 Å². The molecule has 0 fully saturated rings. The molecule has 0 bridgehead atoms. The van der Waals surface area contributed by atoms with Crippen LogP contribution in [0.2, 0.25) is 0 Å². The van der Waals surface area contributed by atoms with Crippen molar-refractivity contribution in [1.82, 2.24) is 0 Å². The Morgan fingerprint density at radius 3 is 1.32 bits per heavy atom. The first kappa shape index (κ1) is 45.3. The molecular weight excluding hydrogens is 691 g/mol. The lowest BCUT2D eigenvalue weighted by Crippen LogP contribution is -2.76. The van der Waals surface area contributed by atoms with Crippen LogP contribution >= 0.6 is 0 Å². The van der Waals surface area contributed by atoms with E-state index in [-0.39, 0.29) is 6.42 Å². The van der Waals surface area contributed by atoms with Crippen LogP contribution in [0.1, 0.15) is 93.9 Å². The summed E-state index contributed by atoms with van der Waals surface area (Å²) in [5.74, 6) is -42.5. The Labute approximate surface area is 261 Å². The number of esters is 1. The van der Waals surface area contributed by atoms with E-state index in [0.717, 1.165) is 6.92 Å². The van der Waals surface area contributed by atoms with Gasteiger partial charge in [0.25, 0.3) is 0 Å². The second kappa shape index (κ2) is 13.5. The molecule has 0 aromatic rings. The fourth-order valence-corrected chi connectivity index (χ4v) is 5.05. The lowest BCUT2D eigenvalue weighted by atomic mass is 9.57. The minimum atomic E-state index is -8.79. The molecule has 0 N–H and O–H groups in total. The Morgan fingerprint density at radius 1 is 0.596 bits per heavy atom. The van der Waals surface area contributed by atoms with Crippen molar-refractivity contribution < 1.29 is 84.2 Å².